The van der Waals surface area contributed by atoms with E-state index in [1.807, 2.05) is 49.5 Å². The maximum absolute atomic E-state index is 13.0. The zero-order valence-corrected chi connectivity index (χ0v) is 20.8. The van der Waals surface area contributed by atoms with Crippen molar-refractivity contribution in [2.24, 2.45) is 4.99 Å². The van der Waals surface area contributed by atoms with Gasteiger partial charge in [-0.2, -0.15) is 18.2 Å². The zero-order valence-electron chi connectivity index (χ0n) is 19.9. The molecule has 0 saturated heterocycles. The van der Waals surface area contributed by atoms with Crippen molar-refractivity contribution in [3.8, 4) is 0 Å². The molecule has 1 aromatic heterocycles. The predicted molar refractivity (Wildman–Crippen MR) is 130 cm³/mol. The van der Waals surface area contributed by atoms with Crippen LogP contribution in [-0.4, -0.2) is 48.5 Å². The zero-order chi connectivity index (χ0) is 25.8. The van der Waals surface area contributed by atoms with Crippen LogP contribution >= 0.6 is 11.3 Å². The average molecular weight is 505 g/mol. The van der Waals surface area contributed by atoms with Crippen LogP contribution in [0.1, 0.15) is 42.4 Å². The molecular weight excluding hydrogens is 477 g/mol. The minimum absolute atomic E-state index is 0.125. The lowest BCUT2D eigenvalue weighted by Gasteiger charge is -2.11. The topological polar surface area (TPSA) is 66.7 Å². The maximum atomic E-state index is 13.0. The summed E-state index contributed by atoms with van der Waals surface area (Å²) in [5.41, 5.74) is 1.32. The molecule has 6 nitrogen and oxygen atoms in total. The molecule has 0 unspecified atom stereocenters. The van der Waals surface area contributed by atoms with E-state index in [9.17, 15) is 22.8 Å². The summed E-state index contributed by atoms with van der Waals surface area (Å²) in [6.45, 7) is 5.47. The quantitative estimate of drug-likeness (QED) is 0.523. The number of alkyl halides is 3. The number of carbonyl (C=O) groups is 2. The Hall–Kier alpha value is -3.24. The Bertz CT molecular complexity index is 1280. The molecule has 2 aromatic carbocycles. The van der Waals surface area contributed by atoms with Crippen molar-refractivity contribution >= 4 is 23.2 Å². The number of hydrogen-bond acceptors (Lipinski definition) is 4. The monoisotopic (exact) mass is 504 g/mol. The second-order valence-electron chi connectivity index (χ2n) is 8.36. The molecule has 0 aliphatic rings. The highest BCUT2D eigenvalue weighted by Gasteiger charge is 2.30. The smallest absolute Gasteiger partial charge is 0.351 e. The number of halogens is 3. The number of aryl methyl sites for hydroxylation is 1. The molecule has 35 heavy (non-hydrogen) atoms. The normalized spacial score (nSPS) is 12.3. The number of rotatable bonds is 7. The molecule has 0 spiro atoms. The van der Waals surface area contributed by atoms with Crippen molar-refractivity contribution in [2.45, 2.75) is 26.6 Å². The Balaban J connectivity index is 1.82. The lowest BCUT2D eigenvalue weighted by Crippen LogP contribution is -2.31. The van der Waals surface area contributed by atoms with E-state index in [2.05, 4.69) is 10.3 Å². The van der Waals surface area contributed by atoms with Gasteiger partial charge in [-0.3, -0.25) is 9.59 Å². The third kappa shape index (κ3) is 6.89. The molecule has 0 radical (unpaired) electrons. The van der Waals surface area contributed by atoms with Crippen LogP contribution in [0.15, 0.2) is 53.5 Å². The molecule has 1 N–H and O–H groups in total. The summed E-state index contributed by atoms with van der Waals surface area (Å²) < 4.78 is 40.9. The van der Waals surface area contributed by atoms with Crippen molar-refractivity contribution in [1.29, 1.82) is 0 Å². The molecular formula is C25H27F3N4O2S. The summed E-state index contributed by atoms with van der Waals surface area (Å²) in [6.07, 6.45) is -4.54. The van der Waals surface area contributed by atoms with Crippen LogP contribution in [0, 0.1) is 13.8 Å². The first-order valence-corrected chi connectivity index (χ1v) is 11.7. The van der Waals surface area contributed by atoms with Gasteiger partial charge in [-0.1, -0.05) is 18.2 Å². The standard InChI is InChI=1S/C25H27F3N4O2S/c1-16-17(2)35-24(30-23(34)20-6-5-7-21(14-20)25(26,27)28)32(16)15-18-8-10-19(11-9-18)22(33)29-12-13-31(3)4/h5-11,14H,12-13,15H2,1-4H3,(H,29,33). The van der Waals surface area contributed by atoms with Crippen molar-refractivity contribution in [2.75, 3.05) is 27.2 Å². The second-order valence-corrected chi connectivity index (χ2v) is 9.55. The van der Waals surface area contributed by atoms with E-state index in [0.717, 1.165) is 34.8 Å². The fourth-order valence-electron chi connectivity index (χ4n) is 3.29. The Morgan fingerprint density at radius 3 is 2.37 bits per heavy atom. The molecule has 0 saturated carbocycles. The molecule has 10 heteroatoms. The molecule has 0 fully saturated rings. The van der Waals surface area contributed by atoms with E-state index >= 15 is 0 Å². The molecule has 0 aliphatic carbocycles. The van der Waals surface area contributed by atoms with Crippen LogP contribution in [-0.2, 0) is 12.7 Å². The predicted octanol–water partition coefficient (Wildman–Crippen LogP) is 4.27. The maximum Gasteiger partial charge on any atom is 0.416 e. The molecule has 1 heterocycles. The van der Waals surface area contributed by atoms with E-state index in [0.29, 0.717) is 23.5 Å². The number of aromatic nitrogens is 1. The number of likely N-dealkylation sites (N-methyl/N-ethyl adjacent to an activating group) is 1. The van der Waals surface area contributed by atoms with Gasteiger partial charge in [0, 0.05) is 34.8 Å². The van der Waals surface area contributed by atoms with Crippen LogP contribution < -0.4 is 10.1 Å². The van der Waals surface area contributed by atoms with Gasteiger partial charge in [0.25, 0.3) is 11.8 Å². The van der Waals surface area contributed by atoms with Gasteiger partial charge in [-0.25, -0.2) is 0 Å². The van der Waals surface area contributed by atoms with Crippen LogP contribution in [0.25, 0.3) is 0 Å². The second kappa shape index (κ2) is 11.0. The van der Waals surface area contributed by atoms with Gasteiger partial charge in [0.15, 0.2) is 4.80 Å². The number of benzene rings is 2. The first kappa shape index (κ1) is 26.4. The highest BCUT2D eigenvalue weighted by molar-refractivity contribution is 7.09. The van der Waals surface area contributed by atoms with Gasteiger partial charge < -0.3 is 14.8 Å². The van der Waals surface area contributed by atoms with Crippen molar-refractivity contribution in [1.82, 2.24) is 14.8 Å². The largest absolute Gasteiger partial charge is 0.416 e. The summed E-state index contributed by atoms with van der Waals surface area (Å²) in [7, 11) is 3.86. The van der Waals surface area contributed by atoms with E-state index in [1.165, 1.54) is 23.5 Å². The SMILES string of the molecule is Cc1sc(=NC(=O)c2cccc(C(F)(F)F)c2)n(Cc2ccc(C(=O)NCCN(C)C)cc2)c1C. The van der Waals surface area contributed by atoms with Crippen molar-refractivity contribution < 1.29 is 22.8 Å². The number of carbonyl (C=O) groups excluding carboxylic acids is 2. The molecule has 0 aliphatic heterocycles. The Morgan fingerprint density at radius 2 is 1.74 bits per heavy atom. The Labute approximate surface area is 205 Å². The number of amides is 2. The summed E-state index contributed by atoms with van der Waals surface area (Å²) in [4.78, 5) is 32.4. The van der Waals surface area contributed by atoms with Gasteiger partial charge in [-0.05, 0) is 63.8 Å². The Morgan fingerprint density at radius 1 is 1.06 bits per heavy atom. The summed E-state index contributed by atoms with van der Waals surface area (Å²) >= 11 is 1.30. The van der Waals surface area contributed by atoms with E-state index in [-0.39, 0.29) is 11.5 Å². The number of thiazole rings is 1. The number of hydrogen-bond donors (Lipinski definition) is 1. The van der Waals surface area contributed by atoms with Crippen molar-refractivity contribution in [3.05, 3.63) is 86.2 Å². The lowest BCUT2D eigenvalue weighted by atomic mass is 10.1. The van der Waals surface area contributed by atoms with E-state index in [1.54, 1.807) is 12.1 Å². The first-order chi connectivity index (χ1) is 16.5. The molecule has 0 atom stereocenters. The van der Waals surface area contributed by atoms with Gasteiger partial charge in [0.2, 0.25) is 0 Å². The minimum Gasteiger partial charge on any atom is -0.351 e. The van der Waals surface area contributed by atoms with Crippen LogP contribution in [0.4, 0.5) is 13.2 Å². The molecule has 2 amide bonds. The molecule has 3 aromatic rings. The number of nitrogens with zero attached hydrogens (tertiary/aromatic N) is 3. The van der Waals surface area contributed by atoms with Gasteiger partial charge in [-0.15, -0.1) is 11.3 Å². The number of nitrogens with one attached hydrogen (secondary N) is 1. The first-order valence-electron chi connectivity index (χ1n) is 10.9. The summed E-state index contributed by atoms with van der Waals surface area (Å²) in [6, 6.07) is 11.4. The highest BCUT2D eigenvalue weighted by Crippen LogP contribution is 2.29. The highest BCUT2D eigenvalue weighted by atomic mass is 32.1. The molecule has 0 bridgehead atoms. The van der Waals surface area contributed by atoms with Crippen LogP contribution in [0.2, 0.25) is 0 Å². The fourth-order valence-corrected chi connectivity index (χ4v) is 4.26. The fraction of sp³-hybridized carbons (Fsp3) is 0.320. The molecule has 3 rings (SSSR count). The average Bonchev–Trinajstić information content (AvgIpc) is 3.06. The third-order valence-electron chi connectivity index (χ3n) is 5.43. The van der Waals surface area contributed by atoms with Gasteiger partial charge >= 0.3 is 6.18 Å². The van der Waals surface area contributed by atoms with E-state index in [4.69, 9.17) is 0 Å². The van der Waals surface area contributed by atoms with Crippen molar-refractivity contribution in [3.63, 3.8) is 0 Å². The molecule has 186 valence electrons. The lowest BCUT2D eigenvalue weighted by molar-refractivity contribution is -0.137. The van der Waals surface area contributed by atoms with Gasteiger partial charge in [0.05, 0.1) is 12.1 Å². The van der Waals surface area contributed by atoms with E-state index < -0.39 is 17.6 Å². The van der Waals surface area contributed by atoms with Crippen LogP contribution in [0.3, 0.4) is 0 Å². The minimum atomic E-state index is -4.54. The van der Waals surface area contributed by atoms with Crippen LogP contribution in [0.5, 0.6) is 0 Å². The third-order valence-corrected chi connectivity index (χ3v) is 6.52. The summed E-state index contributed by atoms with van der Waals surface area (Å²) in [5.74, 6) is -0.896. The summed E-state index contributed by atoms with van der Waals surface area (Å²) in [5, 5.41) is 2.86. The Kier molecular flexibility index (Phi) is 8.29. The van der Waals surface area contributed by atoms with Gasteiger partial charge in [0.1, 0.15) is 0 Å².